The van der Waals surface area contributed by atoms with Crippen molar-refractivity contribution in [3.8, 4) is 17.1 Å². The number of carbonyl (C=O) groups excluding carboxylic acids is 1. The highest BCUT2D eigenvalue weighted by Crippen LogP contribution is 2.20. The predicted molar refractivity (Wildman–Crippen MR) is 84.0 cm³/mol. The van der Waals surface area contributed by atoms with Gasteiger partial charge in [-0.25, -0.2) is 4.39 Å². The average Bonchev–Trinajstić information content (AvgIpc) is 3.03. The number of nitrogens with two attached hydrogens (primary N) is 1. The Morgan fingerprint density at radius 3 is 2.71 bits per heavy atom. The predicted octanol–water partition coefficient (Wildman–Crippen LogP) is 3.21. The normalized spacial score (nSPS) is 10.6. The summed E-state index contributed by atoms with van der Waals surface area (Å²) in [6.45, 7) is -0.0373. The third-order valence-electron chi connectivity index (χ3n) is 3.14. The van der Waals surface area contributed by atoms with Crippen molar-refractivity contribution < 1.29 is 18.4 Å². The number of amides is 1. The van der Waals surface area contributed by atoms with Crippen molar-refractivity contribution in [1.29, 1.82) is 0 Å². The molecular weight excluding hydrogens is 337 g/mol. The first-order valence-electron chi connectivity index (χ1n) is 6.83. The van der Waals surface area contributed by atoms with Gasteiger partial charge in [-0.3, -0.25) is 4.79 Å². The third-order valence-corrected chi connectivity index (χ3v) is 3.39. The van der Waals surface area contributed by atoms with Crippen molar-refractivity contribution in [2.75, 3.05) is 0 Å². The zero-order chi connectivity index (χ0) is 17.1. The van der Waals surface area contributed by atoms with Crippen molar-refractivity contribution in [3.05, 3.63) is 64.8 Å². The minimum atomic E-state index is -0.874. The van der Waals surface area contributed by atoms with E-state index >= 15 is 0 Å². The Morgan fingerprint density at radius 2 is 2.00 bits per heavy atom. The van der Waals surface area contributed by atoms with Crippen LogP contribution in [0.25, 0.3) is 11.4 Å². The second kappa shape index (κ2) is 6.67. The van der Waals surface area contributed by atoms with Crippen LogP contribution in [0.3, 0.4) is 0 Å². The van der Waals surface area contributed by atoms with Crippen LogP contribution < -0.4 is 10.5 Å². The van der Waals surface area contributed by atoms with Crippen molar-refractivity contribution in [2.45, 2.75) is 6.61 Å². The fraction of sp³-hybridized carbons (Fsp3) is 0.0625. The molecule has 0 unspecified atom stereocenters. The maximum Gasteiger partial charge on any atom is 0.264 e. The van der Waals surface area contributed by atoms with E-state index in [1.165, 1.54) is 12.1 Å². The van der Waals surface area contributed by atoms with E-state index in [0.717, 1.165) is 11.6 Å². The first kappa shape index (κ1) is 15.9. The number of nitrogens with zero attached hydrogens (tertiary/aromatic N) is 2. The summed E-state index contributed by atoms with van der Waals surface area (Å²) in [4.78, 5) is 15.3. The zero-order valence-corrected chi connectivity index (χ0v) is 13.0. The van der Waals surface area contributed by atoms with Crippen LogP contribution in [0.15, 0.2) is 47.0 Å². The fourth-order valence-corrected chi connectivity index (χ4v) is 2.08. The number of halogens is 2. The summed E-state index contributed by atoms with van der Waals surface area (Å²) in [5, 5.41) is 4.45. The van der Waals surface area contributed by atoms with Gasteiger partial charge in [-0.05, 0) is 42.5 Å². The molecular formula is C16H11ClFN3O3. The summed E-state index contributed by atoms with van der Waals surface area (Å²) < 4.78 is 23.9. The average molecular weight is 348 g/mol. The van der Waals surface area contributed by atoms with E-state index in [1.807, 2.05) is 0 Å². The lowest BCUT2D eigenvalue weighted by molar-refractivity contribution is 0.0996. The molecule has 0 aliphatic rings. The second-order valence-electron chi connectivity index (χ2n) is 4.81. The summed E-state index contributed by atoms with van der Waals surface area (Å²) in [6, 6.07) is 10.6. The largest absolute Gasteiger partial charge is 0.484 e. The summed E-state index contributed by atoms with van der Waals surface area (Å²) >= 11 is 5.82. The van der Waals surface area contributed by atoms with Crippen LogP contribution in [0.1, 0.15) is 16.2 Å². The van der Waals surface area contributed by atoms with Gasteiger partial charge in [0.25, 0.3) is 11.8 Å². The van der Waals surface area contributed by atoms with Gasteiger partial charge in [0.1, 0.15) is 11.6 Å². The number of carbonyl (C=O) groups is 1. The van der Waals surface area contributed by atoms with Gasteiger partial charge in [0, 0.05) is 10.6 Å². The standard InChI is InChI=1S/C16H11ClFN3O3/c17-10-3-1-9(2-4-10)16-20-14(24-21-16)8-23-11-5-6-13(18)12(7-11)15(19)22/h1-7H,8H2,(H2,19,22). The van der Waals surface area contributed by atoms with E-state index in [2.05, 4.69) is 10.1 Å². The Hall–Kier alpha value is -2.93. The summed E-state index contributed by atoms with van der Waals surface area (Å²) in [5.74, 6) is -0.707. The fourth-order valence-electron chi connectivity index (χ4n) is 1.96. The molecule has 122 valence electrons. The molecule has 0 saturated carbocycles. The summed E-state index contributed by atoms with van der Waals surface area (Å²) in [5.41, 5.74) is 5.58. The van der Waals surface area contributed by atoms with E-state index < -0.39 is 11.7 Å². The minimum absolute atomic E-state index is 0.0373. The zero-order valence-electron chi connectivity index (χ0n) is 12.2. The lowest BCUT2D eigenvalue weighted by Gasteiger charge is -2.05. The highest BCUT2D eigenvalue weighted by molar-refractivity contribution is 6.30. The molecule has 0 aliphatic heterocycles. The first-order chi connectivity index (χ1) is 11.5. The second-order valence-corrected chi connectivity index (χ2v) is 5.25. The van der Waals surface area contributed by atoms with Crippen molar-refractivity contribution in [1.82, 2.24) is 10.1 Å². The van der Waals surface area contributed by atoms with Crippen molar-refractivity contribution in [2.24, 2.45) is 5.73 Å². The number of hydrogen-bond donors (Lipinski definition) is 1. The molecule has 0 spiro atoms. The Bertz CT molecular complexity index is 881. The molecule has 0 atom stereocenters. The summed E-state index contributed by atoms with van der Waals surface area (Å²) in [7, 11) is 0. The number of hydrogen-bond acceptors (Lipinski definition) is 5. The van der Waals surface area contributed by atoms with Crippen LogP contribution in [-0.2, 0) is 6.61 Å². The molecule has 0 saturated heterocycles. The molecule has 1 heterocycles. The van der Waals surface area contributed by atoms with E-state index in [1.54, 1.807) is 24.3 Å². The molecule has 24 heavy (non-hydrogen) atoms. The van der Waals surface area contributed by atoms with Crippen LogP contribution in [0.2, 0.25) is 5.02 Å². The molecule has 0 radical (unpaired) electrons. The molecule has 3 aromatic rings. The van der Waals surface area contributed by atoms with Gasteiger partial charge in [-0.15, -0.1) is 0 Å². The van der Waals surface area contributed by atoms with Gasteiger partial charge in [0.2, 0.25) is 5.82 Å². The number of benzene rings is 2. The van der Waals surface area contributed by atoms with Gasteiger partial charge in [0.15, 0.2) is 6.61 Å². The highest BCUT2D eigenvalue weighted by atomic mass is 35.5. The SMILES string of the molecule is NC(=O)c1cc(OCc2nc(-c3ccc(Cl)cc3)no2)ccc1F. The lowest BCUT2D eigenvalue weighted by atomic mass is 10.2. The number of ether oxygens (including phenoxy) is 1. The molecule has 8 heteroatoms. The van der Waals surface area contributed by atoms with Crippen LogP contribution in [-0.4, -0.2) is 16.0 Å². The lowest BCUT2D eigenvalue weighted by Crippen LogP contribution is -2.13. The van der Waals surface area contributed by atoms with Gasteiger partial charge in [-0.1, -0.05) is 16.8 Å². The molecule has 1 aromatic heterocycles. The first-order valence-corrected chi connectivity index (χ1v) is 7.21. The maximum atomic E-state index is 13.4. The van der Waals surface area contributed by atoms with E-state index in [0.29, 0.717) is 10.8 Å². The molecule has 3 rings (SSSR count). The summed E-state index contributed by atoms with van der Waals surface area (Å²) in [6.07, 6.45) is 0. The van der Waals surface area contributed by atoms with Crippen LogP contribution >= 0.6 is 11.6 Å². The number of aromatic nitrogens is 2. The van der Waals surface area contributed by atoms with E-state index in [4.69, 9.17) is 26.6 Å². The molecule has 0 aliphatic carbocycles. The van der Waals surface area contributed by atoms with E-state index in [9.17, 15) is 9.18 Å². The van der Waals surface area contributed by atoms with Gasteiger partial charge in [0.05, 0.1) is 5.56 Å². The number of rotatable bonds is 5. The van der Waals surface area contributed by atoms with E-state index in [-0.39, 0.29) is 23.8 Å². The van der Waals surface area contributed by atoms with Crippen LogP contribution in [0.5, 0.6) is 5.75 Å². The molecule has 0 bridgehead atoms. The Balaban J connectivity index is 1.71. The Morgan fingerprint density at radius 1 is 1.25 bits per heavy atom. The molecule has 0 fully saturated rings. The van der Waals surface area contributed by atoms with Crippen molar-refractivity contribution >= 4 is 17.5 Å². The topological polar surface area (TPSA) is 91.2 Å². The van der Waals surface area contributed by atoms with Crippen molar-refractivity contribution in [3.63, 3.8) is 0 Å². The third kappa shape index (κ3) is 3.52. The van der Waals surface area contributed by atoms with Gasteiger partial charge in [-0.2, -0.15) is 4.98 Å². The quantitative estimate of drug-likeness (QED) is 0.765. The van der Waals surface area contributed by atoms with Crippen LogP contribution in [0.4, 0.5) is 4.39 Å². The van der Waals surface area contributed by atoms with Crippen LogP contribution in [0, 0.1) is 5.82 Å². The smallest absolute Gasteiger partial charge is 0.264 e. The molecule has 2 aromatic carbocycles. The van der Waals surface area contributed by atoms with Gasteiger partial charge >= 0.3 is 0 Å². The Kier molecular flexibility index (Phi) is 4.43. The minimum Gasteiger partial charge on any atom is -0.484 e. The Labute approximate surface area is 141 Å². The molecule has 6 nitrogen and oxygen atoms in total. The molecule has 2 N–H and O–H groups in total. The van der Waals surface area contributed by atoms with Gasteiger partial charge < -0.3 is 15.0 Å². The maximum absolute atomic E-state index is 13.4. The molecule has 1 amide bonds. The number of primary amides is 1. The highest BCUT2D eigenvalue weighted by Gasteiger charge is 2.12. The monoisotopic (exact) mass is 347 g/mol.